The number of carbonyl (C=O) groups excluding carboxylic acids is 1. The molecule has 0 saturated carbocycles. The second-order valence-electron chi connectivity index (χ2n) is 5.40. The molecule has 2 rings (SSSR count). The first-order valence-electron chi connectivity index (χ1n) is 6.70. The number of aryl methyl sites for hydroxylation is 1. The Morgan fingerprint density at radius 3 is 2.75 bits per heavy atom. The van der Waals surface area contributed by atoms with Gasteiger partial charge in [-0.15, -0.1) is 0 Å². The third-order valence-corrected chi connectivity index (χ3v) is 3.90. The normalized spacial score (nSPS) is 22.1. The number of hydrogen-bond acceptors (Lipinski definition) is 4. The minimum Gasteiger partial charge on any atom is -0.336 e. The summed E-state index contributed by atoms with van der Waals surface area (Å²) in [5.41, 5.74) is 6.70. The third kappa shape index (κ3) is 2.65. The number of rotatable bonds is 3. The molecule has 1 aliphatic rings. The molecule has 0 aromatic heterocycles. The van der Waals surface area contributed by atoms with Crippen molar-refractivity contribution in [2.45, 2.75) is 26.3 Å². The summed E-state index contributed by atoms with van der Waals surface area (Å²) in [5.74, 6) is 0.263. The SMILES string of the molecule is Cc1cc(C(=O)N2CC(CN)CC2C)ccc1[N+](=O)[O-]. The molecule has 1 aliphatic heterocycles. The number of hydrogen-bond donors (Lipinski definition) is 1. The fourth-order valence-corrected chi connectivity index (χ4v) is 2.76. The van der Waals surface area contributed by atoms with Gasteiger partial charge in [0.25, 0.3) is 11.6 Å². The van der Waals surface area contributed by atoms with Gasteiger partial charge in [0.1, 0.15) is 0 Å². The predicted molar refractivity (Wildman–Crippen MR) is 75.5 cm³/mol. The molecule has 2 atom stereocenters. The van der Waals surface area contributed by atoms with E-state index in [9.17, 15) is 14.9 Å². The van der Waals surface area contributed by atoms with Crippen LogP contribution >= 0.6 is 0 Å². The average molecular weight is 277 g/mol. The van der Waals surface area contributed by atoms with Crippen LogP contribution < -0.4 is 5.73 Å². The molecule has 0 aliphatic carbocycles. The first-order valence-corrected chi connectivity index (χ1v) is 6.70. The second-order valence-corrected chi connectivity index (χ2v) is 5.40. The molecule has 20 heavy (non-hydrogen) atoms. The van der Waals surface area contributed by atoms with Gasteiger partial charge in [0.15, 0.2) is 0 Å². The van der Waals surface area contributed by atoms with Crippen molar-refractivity contribution in [1.82, 2.24) is 4.90 Å². The van der Waals surface area contributed by atoms with Crippen LogP contribution in [-0.4, -0.2) is 34.9 Å². The van der Waals surface area contributed by atoms with Crippen molar-refractivity contribution in [1.29, 1.82) is 0 Å². The van der Waals surface area contributed by atoms with Crippen LogP contribution in [0.5, 0.6) is 0 Å². The molecule has 0 radical (unpaired) electrons. The van der Waals surface area contributed by atoms with Gasteiger partial charge in [-0.05, 0) is 44.9 Å². The van der Waals surface area contributed by atoms with Crippen molar-refractivity contribution < 1.29 is 9.72 Å². The van der Waals surface area contributed by atoms with Gasteiger partial charge < -0.3 is 10.6 Å². The first-order chi connectivity index (χ1) is 9.43. The van der Waals surface area contributed by atoms with E-state index in [1.807, 2.05) is 6.92 Å². The highest BCUT2D eigenvalue weighted by Crippen LogP contribution is 2.26. The Bertz CT molecular complexity index is 544. The number of benzene rings is 1. The van der Waals surface area contributed by atoms with Crippen LogP contribution in [0.25, 0.3) is 0 Å². The number of likely N-dealkylation sites (tertiary alicyclic amines) is 1. The molecule has 1 heterocycles. The summed E-state index contributed by atoms with van der Waals surface area (Å²) in [6.07, 6.45) is 0.911. The minimum absolute atomic E-state index is 0.0378. The van der Waals surface area contributed by atoms with Crippen molar-refractivity contribution in [3.63, 3.8) is 0 Å². The standard InChI is InChI=1S/C14H19N3O3/c1-9-5-12(3-4-13(9)17(19)20)14(18)16-8-11(7-15)6-10(16)2/h3-5,10-11H,6-8,15H2,1-2H3. The lowest BCUT2D eigenvalue weighted by molar-refractivity contribution is -0.385. The summed E-state index contributed by atoms with van der Waals surface area (Å²) in [6.45, 7) is 4.89. The Morgan fingerprint density at radius 1 is 1.55 bits per heavy atom. The van der Waals surface area contributed by atoms with Crippen LogP contribution in [0.4, 0.5) is 5.69 Å². The van der Waals surface area contributed by atoms with E-state index in [4.69, 9.17) is 5.73 Å². The van der Waals surface area contributed by atoms with Gasteiger partial charge in [0.2, 0.25) is 0 Å². The third-order valence-electron chi connectivity index (χ3n) is 3.90. The minimum atomic E-state index is -0.438. The molecule has 2 unspecified atom stereocenters. The van der Waals surface area contributed by atoms with Gasteiger partial charge in [0.05, 0.1) is 4.92 Å². The Morgan fingerprint density at radius 2 is 2.25 bits per heavy atom. The summed E-state index contributed by atoms with van der Waals surface area (Å²) in [5, 5.41) is 10.8. The maximum atomic E-state index is 12.5. The zero-order valence-corrected chi connectivity index (χ0v) is 11.7. The molecular weight excluding hydrogens is 258 g/mol. The molecule has 6 heteroatoms. The molecule has 1 fully saturated rings. The summed E-state index contributed by atoms with van der Waals surface area (Å²) in [4.78, 5) is 24.6. The van der Waals surface area contributed by atoms with Crippen molar-refractivity contribution >= 4 is 11.6 Å². The number of amides is 1. The largest absolute Gasteiger partial charge is 0.336 e. The zero-order chi connectivity index (χ0) is 14.9. The zero-order valence-electron chi connectivity index (χ0n) is 11.7. The van der Waals surface area contributed by atoms with E-state index >= 15 is 0 Å². The summed E-state index contributed by atoms with van der Waals surface area (Å²) in [6, 6.07) is 4.66. The van der Waals surface area contributed by atoms with Crippen molar-refractivity contribution in [3.8, 4) is 0 Å². The highest BCUT2D eigenvalue weighted by molar-refractivity contribution is 5.95. The molecule has 1 amide bonds. The molecule has 6 nitrogen and oxygen atoms in total. The Kier molecular flexibility index (Phi) is 4.04. The van der Waals surface area contributed by atoms with E-state index < -0.39 is 4.92 Å². The highest BCUT2D eigenvalue weighted by atomic mass is 16.6. The number of nitro groups is 1. The van der Waals surface area contributed by atoms with Crippen LogP contribution in [0.2, 0.25) is 0 Å². The number of nitrogens with zero attached hydrogens (tertiary/aromatic N) is 2. The van der Waals surface area contributed by atoms with Gasteiger partial charge in [0, 0.05) is 29.8 Å². The van der Waals surface area contributed by atoms with Gasteiger partial charge in [-0.2, -0.15) is 0 Å². The lowest BCUT2D eigenvalue weighted by Gasteiger charge is -2.21. The molecule has 1 saturated heterocycles. The Balaban J connectivity index is 2.22. The van der Waals surface area contributed by atoms with Crippen LogP contribution in [0, 0.1) is 23.0 Å². The van der Waals surface area contributed by atoms with Crippen LogP contribution in [0.3, 0.4) is 0 Å². The molecule has 0 bridgehead atoms. The summed E-state index contributed by atoms with van der Waals surface area (Å²) in [7, 11) is 0. The first kappa shape index (κ1) is 14.5. The van der Waals surface area contributed by atoms with Gasteiger partial charge >= 0.3 is 0 Å². The monoisotopic (exact) mass is 277 g/mol. The Labute approximate surface area is 117 Å². The van der Waals surface area contributed by atoms with Crippen LogP contribution in [-0.2, 0) is 0 Å². The van der Waals surface area contributed by atoms with Crippen molar-refractivity contribution in [2.24, 2.45) is 11.7 Å². The van der Waals surface area contributed by atoms with Gasteiger partial charge in [-0.1, -0.05) is 0 Å². The van der Waals surface area contributed by atoms with Crippen LogP contribution in [0.1, 0.15) is 29.3 Å². The number of nitro benzene ring substituents is 1. The van der Waals surface area contributed by atoms with E-state index in [1.54, 1.807) is 17.9 Å². The predicted octanol–water partition coefficient (Wildman–Crippen LogP) is 1.71. The second kappa shape index (κ2) is 5.58. The van der Waals surface area contributed by atoms with Gasteiger partial charge in [-0.3, -0.25) is 14.9 Å². The van der Waals surface area contributed by atoms with E-state index in [0.29, 0.717) is 30.1 Å². The maximum Gasteiger partial charge on any atom is 0.272 e. The fourth-order valence-electron chi connectivity index (χ4n) is 2.76. The molecule has 0 spiro atoms. The maximum absolute atomic E-state index is 12.5. The van der Waals surface area contributed by atoms with E-state index in [-0.39, 0.29) is 17.6 Å². The smallest absolute Gasteiger partial charge is 0.272 e. The Hall–Kier alpha value is -1.95. The molecule has 108 valence electrons. The lowest BCUT2D eigenvalue weighted by atomic mass is 10.1. The highest BCUT2D eigenvalue weighted by Gasteiger charge is 2.32. The number of carbonyl (C=O) groups is 1. The molecular formula is C14H19N3O3. The van der Waals surface area contributed by atoms with E-state index in [0.717, 1.165) is 6.42 Å². The van der Waals surface area contributed by atoms with E-state index in [2.05, 4.69) is 0 Å². The van der Waals surface area contributed by atoms with E-state index in [1.165, 1.54) is 12.1 Å². The average Bonchev–Trinajstić information content (AvgIpc) is 2.78. The lowest BCUT2D eigenvalue weighted by Crippen LogP contribution is -2.34. The molecule has 2 N–H and O–H groups in total. The number of nitrogens with two attached hydrogens (primary N) is 1. The fraction of sp³-hybridized carbons (Fsp3) is 0.500. The van der Waals surface area contributed by atoms with Gasteiger partial charge in [-0.25, -0.2) is 0 Å². The quantitative estimate of drug-likeness (QED) is 0.672. The van der Waals surface area contributed by atoms with Crippen LogP contribution in [0.15, 0.2) is 18.2 Å². The summed E-state index contributed by atoms with van der Waals surface area (Å²) >= 11 is 0. The molecule has 1 aromatic rings. The summed E-state index contributed by atoms with van der Waals surface area (Å²) < 4.78 is 0. The topological polar surface area (TPSA) is 89.5 Å². The molecule has 1 aromatic carbocycles. The van der Waals surface area contributed by atoms with Crippen molar-refractivity contribution in [2.75, 3.05) is 13.1 Å². The van der Waals surface area contributed by atoms with Crippen molar-refractivity contribution in [3.05, 3.63) is 39.4 Å².